The standard InChI is InChI=1S/C17H33NS/c1-4-13-18-17(14-19-15(3)5-2)16-11-9-7-6-8-10-12-16/h11,15,17-18H,4-10,12-14H2,1-3H3. The molecular weight excluding hydrogens is 250 g/mol. The van der Waals surface area contributed by atoms with Crippen LogP contribution in [-0.2, 0) is 0 Å². The van der Waals surface area contributed by atoms with Crippen molar-refractivity contribution in [3.63, 3.8) is 0 Å². The van der Waals surface area contributed by atoms with Gasteiger partial charge < -0.3 is 5.32 Å². The first-order valence-electron chi connectivity index (χ1n) is 8.31. The summed E-state index contributed by atoms with van der Waals surface area (Å²) >= 11 is 2.14. The zero-order valence-electron chi connectivity index (χ0n) is 13.2. The molecule has 1 rings (SSSR count). The van der Waals surface area contributed by atoms with E-state index in [1.807, 2.05) is 0 Å². The first-order valence-corrected chi connectivity index (χ1v) is 9.36. The molecule has 1 nitrogen and oxygen atoms in total. The van der Waals surface area contributed by atoms with E-state index in [1.165, 1.54) is 57.1 Å². The van der Waals surface area contributed by atoms with E-state index in [9.17, 15) is 0 Å². The summed E-state index contributed by atoms with van der Waals surface area (Å²) in [4.78, 5) is 0. The molecule has 2 heteroatoms. The van der Waals surface area contributed by atoms with E-state index < -0.39 is 0 Å². The zero-order chi connectivity index (χ0) is 13.9. The predicted molar refractivity (Wildman–Crippen MR) is 90.1 cm³/mol. The fourth-order valence-corrected chi connectivity index (χ4v) is 3.62. The van der Waals surface area contributed by atoms with Gasteiger partial charge in [0.25, 0.3) is 0 Å². The van der Waals surface area contributed by atoms with E-state index >= 15 is 0 Å². The molecule has 0 aromatic heterocycles. The van der Waals surface area contributed by atoms with Gasteiger partial charge in [-0.2, -0.15) is 11.8 Å². The van der Waals surface area contributed by atoms with Crippen molar-refractivity contribution in [2.75, 3.05) is 12.3 Å². The Hall–Kier alpha value is 0.0500. The molecule has 0 heterocycles. The molecule has 1 N–H and O–H groups in total. The van der Waals surface area contributed by atoms with Crippen molar-refractivity contribution in [1.29, 1.82) is 0 Å². The van der Waals surface area contributed by atoms with Gasteiger partial charge in [-0.25, -0.2) is 0 Å². The molecule has 0 aromatic rings. The summed E-state index contributed by atoms with van der Waals surface area (Å²) in [5, 5.41) is 4.57. The Kier molecular flexibility index (Phi) is 9.71. The second-order valence-electron chi connectivity index (χ2n) is 5.79. The molecule has 2 unspecified atom stereocenters. The van der Waals surface area contributed by atoms with Crippen molar-refractivity contribution >= 4 is 11.8 Å². The van der Waals surface area contributed by atoms with E-state index in [-0.39, 0.29) is 0 Å². The van der Waals surface area contributed by atoms with E-state index in [1.54, 1.807) is 5.57 Å². The molecule has 1 aliphatic rings. The minimum Gasteiger partial charge on any atom is -0.310 e. The maximum atomic E-state index is 3.78. The van der Waals surface area contributed by atoms with Crippen molar-refractivity contribution in [2.45, 2.75) is 83.4 Å². The molecule has 0 bridgehead atoms. The van der Waals surface area contributed by atoms with Crippen molar-refractivity contribution in [3.05, 3.63) is 11.6 Å². The Morgan fingerprint density at radius 3 is 2.74 bits per heavy atom. The van der Waals surface area contributed by atoms with Crippen LogP contribution in [0.2, 0.25) is 0 Å². The first kappa shape index (κ1) is 17.1. The lowest BCUT2D eigenvalue weighted by molar-refractivity contribution is 0.553. The molecule has 19 heavy (non-hydrogen) atoms. The van der Waals surface area contributed by atoms with Crippen LogP contribution in [0.1, 0.15) is 72.1 Å². The highest BCUT2D eigenvalue weighted by Gasteiger charge is 2.15. The van der Waals surface area contributed by atoms with E-state index in [0.717, 1.165) is 11.8 Å². The third-order valence-corrected chi connectivity index (χ3v) is 5.46. The summed E-state index contributed by atoms with van der Waals surface area (Å²) in [7, 11) is 0. The molecule has 0 radical (unpaired) electrons. The van der Waals surface area contributed by atoms with Crippen LogP contribution in [0.15, 0.2) is 11.6 Å². The number of rotatable bonds is 8. The molecule has 0 spiro atoms. The van der Waals surface area contributed by atoms with E-state index in [4.69, 9.17) is 0 Å². The number of nitrogens with one attached hydrogen (secondary N) is 1. The van der Waals surface area contributed by atoms with Gasteiger partial charge >= 0.3 is 0 Å². The van der Waals surface area contributed by atoms with Gasteiger partial charge in [-0.05, 0) is 45.1 Å². The summed E-state index contributed by atoms with van der Waals surface area (Å²) in [6.45, 7) is 8.07. The highest BCUT2D eigenvalue weighted by Crippen LogP contribution is 2.23. The minimum absolute atomic E-state index is 0.622. The second kappa shape index (κ2) is 10.8. The molecular formula is C17H33NS. The molecule has 0 saturated carbocycles. The van der Waals surface area contributed by atoms with Crippen LogP contribution in [0.3, 0.4) is 0 Å². The molecule has 1 aliphatic carbocycles. The molecule has 0 aromatic carbocycles. The summed E-state index contributed by atoms with van der Waals surface area (Å²) in [5.41, 5.74) is 1.70. The topological polar surface area (TPSA) is 12.0 Å². The summed E-state index contributed by atoms with van der Waals surface area (Å²) in [6.07, 6.45) is 13.3. The van der Waals surface area contributed by atoms with Crippen molar-refractivity contribution in [1.82, 2.24) is 5.32 Å². The third-order valence-electron chi connectivity index (χ3n) is 4.04. The van der Waals surface area contributed by atoms with Crippen molar-refractivity contribution in [3.8, 4) is 0 Å². The maximum Gasteiger partial charge on any atom is 0.0370 e. The Morgan fingerprint density at radius 2 is 2.00 bits per heavy atom. The Bertz CT molecular complexity index is 250. The van der Waals surface area contributed by atoms with Crippen LogP contribution in [0.4, 0.5) is 0 Å². The fraction of sp³-hybridized carbons (Fsp3) is 0.882. The predicted octanol–water partition coefficient (Wildman–Crippen LogP) is 5.17. The molecule has 0 saturated heterocycles. The normalized spacial score (nSPS) is 20.3. The first-order chi connectivity index (χ1) is 9.27. The largest absolute Gasteiger partial charge is 0.310 e. The van der Waals surface area contributed by atoms with Crippen LogP contribution >= 0.6 is 11.8 Å². The molecule has 112 valence electrons. The van der Waals surface area contributed by atoms with Crippen LogP contribution < -0.4 is 5.32 Å². The third kappa shape index (κ3) is 7.41. The zero-order valence-corrected chi connectivity index (χ0v) is 14.0. The summed E-state index contributed by atoms with van der Waals surface area (Å²) in [5.74, 6) is 1.25. The van der Waals surface area contributed by atoms with Gasteiger partial charge in [-0.1, -0.05) is 45.3 Å². The lowest BCUT2D eigenvalue weighted by Gasteiger charge is -2.24. The highest BCUT2D eigenvalue weighted by molar-refractivity contribution is 7.99. The van der Waals surface area contributed by atoms with Crippen LogP contribution in [0.25, 0.3) is 0 Å². The molecule has 2 atom stereocenters. The number of hydrogen-bond acceptors (Lipinski definition) is 2. The van der Waals surface area contributed by atoms with Gasteiger partial charge in [0.2, 0.25) is 0 Å². The van der Waals surface area contributed by atoms with Gasteiger partial charge in [-0.15, -0.1) is 0 Å². The average Bonchev–Trinajstić information content (AvgIpc) is 2.39. The Labute approximate surface area is 125 Å². The van der Waals surface area contributed by atoms with Gasteiger partial charge in [0.15, 0.2) is 0 Å². The van der Waals surface area contributed by atoms with Gasteiger partial charge in [0.1, 0.15) is 0 Å². The SMILES string of the molecule is CCCNC(CSC(C)CC)C1=CCCCCCC1. The lowest BCUT2D eigenvalue weighted by Crippen LogP contribution is -2.34. The highest BCUT2D eigenvalue weighted by atomic mass is 32.2. The molecule has 0 aliphatic heterocycles. The fourth-order valence-electron chi connectivity index (χ4n) is 2.53. The van der Waals surface area contributed by atoms with Crippen molar-refractivity contribution < 1.29 is 0 Å². The minimum atomic E-state index is 0.622. The monoisotopic (exact) mass is 283 g/mol. The molecule has 0 fully saturated rings. The molecule has 0 amide bonds. The Balaban J connectivity index is 2.53. The van der Waals surface area contributed by atoms with Crippen LogP contribution in [0, 0.1) is 0 Å². The van der Waals surface area contributed by atoms with E-state index in [0.29, 0.717) is 6.04 Å². The van der Waals surface area contributed by atoms with Gasteiger partial charge in [0, 0.05) is 17.0 Å². The quantitative estimate of drug-likeness (QED) is 0.617. The van der Waals surface area contributed by atoms with Crippen LogP contribution in [0.5, 0.6) is 0 Å². The summed E-state index contributed by atoms with van der Waals surface area (Å²) in [6, 6.07) is 0.622. The number of thioether (sulfide) groups is 1. The van der Waals surface area contributed by atoms with Crippen LogP contribution in [-0.4, -0.2) is 23.6 Å². The summed E-state index contributed by atoms with van der Waals surface area (Å²) < 4.78 is 0. The number of hydrogen-bond donors (Lipinski definition) is 1. The lowest BCUT2D eigenvalue weighted by atomic mass is 9.95. The van der Waals surface area contributed by atoms with Gasteiger partial charge in [-0.3, -0.25) is 0 Å². The average molecular weight is 284 g/mol. The van der Waals surface area contributed by atoms with Crippen molar-refractivity contribution in [2.24, 2.45) is 0 Å². The maximum absolute atomic E-state index is 3.78. The van der Waals surface area contributed by atoms with Gasteiger partial charge in [0.05, 0.1) is 0 Å². The van der Waals surface area contributed by atoms with E-state index in [2.05, 4.69) is 43.9 Å². The second-order valence-corrected chi connectivity index (χ2v) is 7.26. The Morgan fingerprint density at radius 1 is 1.21 bits per heavy atom. The smallest absolute Gasteiger partial charge is 0.0370 e. The number of allylic oxidation sites excluding steroid dienone is 1.